The Hall–Kier alpha value is -4.24. The molecule has 1 aliphatic heterocycles. The maximum atomic E-state index is 12.6. The average molecular weight is 457 g/mol. The number of aryl methyl sites for hydroxylation is 1. The highest BCUT2D eigenvalue weighted by molar-refractivity contribution is 6.03. The summed E-state index contributed by atoms with van der Waals surface area (Å²) in [4.78, 5) is 23.9. The van der Waals surface area contributed by atoms with Gasteiger partial charge in [0.1, 0.15) is 5.82 Å². The number of benzene rings is 2. The van der Waals surface area contributed by atoms with E-state index in [-0.39, 0.29) is 11.6 Å². The summed E-state index contributed by atoms with van der Waals surface area (Å²) in [5.74, 6) is 1.61. The van der Waals surface area contributed by atoms with Crippen molar-refractivity contribution in [3.8, 4) is 11.3 Å². The molecule has 2 aromatic heterocycles. The topological polar surface area (TPSA) is 105 Å². The molecule has 34 heavy (non-hydrogen) atoms. The number of nitrogens with one attached hydrogen (secondary N) is 2. The summed E-state index contributed by atoms with van der Waals surface area (Å²) in [6.45, 7) is 4.85. The number of carbonyl (C=O) groups is 1. The second kappa shape index (κ2) is 9.72. The lowest BCUT2D eigenvalue weighted by Gasteiger charge is -2.27. The Bertz CT molecular complexity index is 1270. The predicted molar refractivity (Wildman–Crippen MR) is 129 cm³/mol. The van der Waals surface area contributed by atoms with Gasteiger partial charge in [-0.25, -0.2) is 4.98 Å². The zero-order valence-electron chi connectivity index (χ0n) is 18.7. The van der Waals surface area contributed by atoms with Gasteiger partial charge in [0, 0.05) is 47.9 Å². The Kier molecular flexibility index (Phi) is 6.17. The molecule has 3 heterocycles. The van der Waals surface area contributed by atoms with E-state index in [1.54, 1.807) is 6.07 Å². The molecule has 2 aromatic carbocycles. The van der Waals surface area contributed by atoms with Crippen molar-refractivity contribution in [3.63, 3.8) is 0 Å². The van der Waals surface area contributed by atoms with Crippen LogP contribution in [0.1, 0.15) is 16.2 Å². The molecule has 1 amide bonds. The summed E-state index contributed by atoms with van der Waals surface area (Å²) >= 11 is 0. The zero-order chi connectivity index (χ0) is 23.3. The molecule has 5 rings (SSSR count). The summed E-state index contributed by atoms with van der Waals surface area (Å²) in [5, 5.41) is 10.0. The summed E-state index contributed by atoms with van der Waals surface area (Å²) in [5.41, 5.74) is 3.45. The lowest BCUT2D eigenvalue weighted by atomic mass is 10.1. The van der Waals surface area contributed by atoms with Gasteiger partial charge in [-0.05, 0) is 31.2 Å². The van der Waals surface area contributed by atoms with E-state index in [1.807, 2.05) is 67.6 Å². The Morgan fingerprint density at radius 3 is 2.44 bits per heavy atom. The zero-order valence-corrected chi connectivity index (χ0v) is 18.7. The van der Waals surface area contributed by atoms with Crippen molar-refractivity contribution in [1.82, 2.24) is 15.1 Å². The first kappa shape index (κ1) is 21.6. The Labute approximate surface area is 196 Å². The third kappa shape index (κ3) is 5.05. The number of nitrogens with zero attached hydrogens (tertiary/aromatic N) is 4. The van der Waals surface area contributed by atoms with Crippen LogP contribution in [0.25, 0.3) is 11.3 Å². The number of carbonyl (C=O) groups excluding carboxylic acids is 1. The minimum atomic E-state index is -0.340. The summed E-state index contributed by atoms with van der Waals surface area (Å²) in [6, 6.07) is 20.4. The fraction of sp³-hybridized carbons (Fsp3) is 0.200. The molecule has 9 nitrogen and oxygen atoms in total. The molecule has 4 aromatic rings. The number of morpholine rings is 1. The average Bonchev–Trinajstić information content (AvgIpc) is 3.37. The number of hydrogen-bond acceptors (Lipinski definition) is 8. The molecule has 2 N–H and O–H groups in total. The molecule has 0 radical (unpaired) electrons. The molecule has 0 aliphatic carbocycles. The minimum Gasteiger partial charge on any atom is -0.378 e. The van der Waals surface area contributed by atoms with E-state index >= 15 is 0 Å². The molecule has 0 atom stereocenters. The maximum Gasteiger partial charge on any atom is 0.277 e. The third-order valence-electron chi connectivity index (χ3n) is 5.35. The van der Waals surface area contributed by atoms with E-state index in [4.69, 9.17) is 9.26 Å². The molecule has 1 saturated heterocycles. The third-order valence-corrected chi connectivity index (χ3v) is 5.35. The van der Waals surface area contributed by atoms with Gasteiger partial charge in [-0.1, -0.05) is 35.5 Å². The largest absolute Gasteiger partial charge is 0.378 e. The van der Waals surface area contributed by atoms with Crippen LogP contribution in [-0.2, 0) is 4.74 Å². The molecule has 9 heteroatoms. The smallest absolute Gasteiger partial charge is 0.277 e. The highest BCUT2D eigenvalue weighted by Crippen LogP contribution is 2.23. The quantitative estimate of drug-likeness (QED) is 0.443. The molecule has 0 saturated carbocycles. The SMILES string of the molecule is Cc1cc(Nc2ccc(NC(=O)c3cc(-c4ccccc4)on3)cc2)nc(N2CCOCC2)n1. The predicted octanol–water partition coefficient (Wildman–Crippen LogP) is 4.27. The first-order valence-corrected chi connectivity index (χ1v) is 11.0. The molecule has 1 fully saturated rings. The van der Waals surface area contributed by atoms with Crippen LogP contribution in [0.15, 0.2) is 71.3 Å². The number of ether oxygens (including phenoxy) is 1. The Balaban J connectivity index is 1.23. The molecule has 0 unspecified atom stereocenters. The second-order valence-electron chi connectivity index (χ2n) is 7.89. The van der Waals surface area contributed by atoms with Gasteiger partial charge in [0.2, 0.25) is 5.95 Å². The van der Waals surface area contributed by atoms with Crippen LogP contribution in [0.5, 0.6) is 0 Å². The monoisotopic (exact) mass is 456 g/mol. The lowest BCUT2D eigenvalue weighted by Crippen LogP contribution is -2.37. The minimum absolute atomic E-state index is 0.216. The number of aromatic nitrogens is 3. The Morgan fingerprint density at radius 2 is 1.68 bits per heavy atom. The molecule has 1 aliphatic rings. The van der Waals surface area contributed by atoms with Crippen LogP contribution in [0.4, 0.5) is 23.1 Å². The van der Waals surface area contributed by atoms with Gasteiger partial charge in [-0.2, -0.15) is 4.98 Å². The van der Waals surface area contributed by atoms with Gasteiger partial charge in [0.05, 0.1) is 13.2 Å². The van der Waals surface area contributed by atoms with Crippen molar-refractivity contribution in [3.05, 3.63) is 78.1 Å². The first-order valence-electron chi connectivity index (χ1n) is 11.0. The first-order chi connectivity index (χ1) is 16.6. The van der Waals surface area contributed by atoms with Crippen molar-refractivity contribution < 1.29 is 14.1 Å². The summed E-state index contributed by atoms with van der Waals surface area (Å²) in [7, 11) is 0. The van der Waals surface area contributed by atoms with Gasteiger partial charge in [0.15, 0.2) is 11.5 Å². The van der Waals surface area contributed by atoms with E-state index < -0.39 is 0 Å². The van der Waals surface area contributed by atoms with Crippen molar-refractivity contribution in [2.24, 2.45) is 0 Å². The summed E-state index contributed by atoms with van der Waals surface area (Å²) < 4.78 is 10.7. The van der Waals surface area contributed by atoms with Gasteiger partial charge in [-0.15, -0.1) is 0 Å². The van der Waals surface area contributed by atoms with Crippen LogP contribution in [0, 0.1) is 6.92 Å². The normalized spacial score (nSPS) is 13.5. The molecule has 172 valence electrons. The van der Waals surface area contributed by atoms with E-state index in [2.05, 4.69) is 30.7 Å². The van der Waals surface area contributed by atoms with Gasteiger partial charge in [0.25, 0.3) is 5.91 Å². The fourth-order valence-electron chi connectivity index (χ4n) is 3.62. The maximum absolute atomic E-state index is 12.6. The van der Waals surface area contributed by atoms with E-state index in [0.29, 0.717) is 36.4 Å². The number of hydrogen-bond donors (Lipinski definition) is 2. The van der Waals surface area contributed by atoms with E-state index in [1.165, 1.54) is 0 Å². The van der Waals surface area contributed by atoms with Gasteiger partial charge < -0.3 is 24.8 Å². The van der Waals surface area contributed by atoms with Gasteiger partial charge >= 0.3 is 0 Å². The summed E-state index contributed by atoms with van der Waals surface area (Å²) in [6.07, 6.45) is 0. The van der Waals surface area contributed by atoms with Crippen LogP contribution < -0.4 is 15.5 Å². The van der Waals surface area contributed by atoms with E-state index in [9.17, 15) is 4.79 Å². The molecule has 0 spiro atoms. The fourth-order valence-corrected chi connectivity index (χ4v) is 3.62. The van der Waals surface area contributed by atoms with Crippen LogP contribution in [0.2, 0.25) is 0 Å². The Morgan fingerprint density at radius 1 is 0.941 bits per heavy atom. The molecular formula is C25H24N6O3. The van der Waals surface area contributed by atoms with E-state index in [0.717, 1.165) is 30.0 Å². The van der Waals surface area contributed by atoms with Crippen molar-refractivity contribution in [2.75, 3.05) is 41.8 Å². The number of rotatable bonds is 6. The van der Waals surface area contributed by atoms with Crippen molar-refractivity contribution >= 4 is 29.0 Å². The van der Waals surface area contributed by atoms with Crippen molar-refractivity contribution in [1.29, 1.82) is 0 Å². The highest BCUT2D eigenvalue weighted by atomic mass is 16.5. The number of amides is 1. The van der Waals surface area contributed by atoms with Crippen molar-refractivity contribution in [2.45, 2.75) is 6.92 Å². The highest BCUT2D eigenvalue weighted by Gasteiger charge is 2.16. The van der Waals surface area contributed by atoms with Crippen LogP contribution in [0.3, 0.4) is 0 Å². The molecular weight excluding hydrogens is 432 g/mol. The lowest BCUT2D eigenvalue weighted by molar-refractivity contribution is 0.101. The van der Waals surface area contributed by atoms with Crippen LogP contribution >= 0.6 is 0 Å². The van der Waals surface area contributed by atoms with Crippen LogP contribution in [-0.4, -0.2) is 47.3 Å². The second-order valence-corrected chi connectivity index (χ2v) is 7.89. The number of anilines is 4. The standard InChI is InChI=1S/C25H24N6O3/c1-17-15-23(29-25(26-17)31-11-13-33-14-12-31)27-19-7-9-20(10-8-19)28-24(32)21-16-22(34-30-21)18-5-3-2-4-6-18/h2-10,15-16H,11-14H2,1H3,(H,28,32)(H,26,27,29). The van der Waals surface area contributed by atoms with Gasteiger partial charge in [-0.3, -0.25) is 4.79 Å². The molecule has 0 bridgehead atoms.